The molecule has 1 aliphatic rings. The molecule has 0 N–H and O–H groups in total. The molecule has 0 radical (unpaired) electrons. The molecule has 2 aromatic rings. The van der Waals surface area contributed by atoms with E-state index in [0.29, 0.717) is 18.6 Å². The predicted octanol–water partition coefficient (Wildman–Crippen LogP) is 7.20. The topological polar surface area (TPSA) is 31.4 Å². The SMILES string of the molecule is C=Cc1ccnc(-c2cc(C)c(F)cc2C(C)C/C=C2/COC(C)=CC(C)O2)c1C=C. The van der Waals surface area contributed by atoms with Gasteiger partial charge in [0.2, 0.25) is 0 Å². The molecule has 0 aliphatic carbocycles. The molecule has 3 nitrogen and oxygen atoms in total. The molecule has 0 spiro atoms. The summed E-state index contributed by atoms with van der Waals surface area (Å²) in [6.07, 6.45) is 9.95. The summed E-state index contributed by atoms with van der Waals surface area (Å²) in [4.78, 5) is 4.61. The van der Waals surface area contributed by atoms with E-state index in [-0.39, 0.29) is 17.8 Å². The molecule has 1 aromatic carbocycles. The summed E-state index contributed by atoms with van der Waals surface area (Å²) in [5, 5.41) is 0. The average Bonchev–Trinajstić information content (AvgIpc) is 2.92. The molecule has 0 fully saturated rings. The minimum absolute atomic E-state index is 0.0423. The van der Waals surface area contributed by atoms with Gasteiger partial charge in [-0.25, -0.2) is 4.39 Å². The van der Waals surface area contributed by atoms with E-state index < -0.39 is 0 Å². The van der Waals surface area contributed by atoms with Crippen LogP contribution in [0.1, 0.15) is 55.4 Å². The van der Waals surface area contributed by atoms with Crippen LogP contribution in [0.4, 0.5) is 4.39 Å². The van der Waals surface area contributed by atoms with Crippen LogP contribution in [0, 0.1) is 12.7 Å². The number of ether oxygens (including phenoxy) is 2. The van der Waals surface area contributed by atoms with E-state index in [2.05, 4.69) is 25.1 Å². The molecule has 2 unspecified atom stereocenters. The molecule has 2 atom stereocenters. The van der Waals surface area contributed by atoms with Gasteiger partial charge >= 0.3 is 0 Å². The standard InChI is InChI=1S/C27H30FNO2/c1-7-21-11-12-29-27(23(21)8-2)25-13-18(4)26(28)15-24(25)17(3)9-10-22-16-30-19(5)14-20(6)31-22/h7-8,10-15,17,20H,1-2,9,16H2,3-6H3/b22-10-. The Hall–Kier alpha value is -3.14. The number of hydrogen-bond donors (Lipinski definition) is 0. The van der Waals surface area contributed by atoms with Crippen molar-refractivity contribution in [2.45, 2.75) is 46.1 Å². The third-order valence-corrected chi connectivity index (χ3v) is 5.51. The van der Waals surface area contributed by atoms with Crippen LogP contribution in [-0.2, 0) is 9.47 Å². The summed E-state index contributed by atoms with van der Waals surface area (Å²) < 4.78 is 26.2. The Bertz CT molecular complexity index is 1050. The van der Waals surface area contributed by atoms with Crippen LogP contribution >= 0.6 is 0 Å². The molecule has 1 aromatic heterocycles. The fraction of sp³-hybridized carbons (Fsp3) is 0.296. The number of halogens is 1. The highest BCUT2D eigenvalue weighted by Gasteiger charge is 2.19. The lowest BCUT2D eigenvalue weighted by Crippen LogP contribution is -2.06. The third-order valence-electron chi connectivity index (χ3n) is 5.51. The van der Waals surface area contributed by atoms with Crippen LogP contribution in [-0.4, -0.2) is 17.7 Å². The largest absolute Gasteiger partial charge is 0.491 e. The van der Waals surface area contributed by atoms with E-state index in [4.69, 9.17) is 9.47 Å². The smallest absolute Gasteiger partial charge is 0.144 e. The number of allylic oxidation sites excluding steroid dienone is 2. The summed E-state index contributed by atoms with van der Waals surface area (Å²) in [5.74, 6) is 1.47. The van der Waals surface area contributed by atoms with Gasteiger partial charge in [0, 0.05) is 17.3 Å². The second kappa shape index (κ2) is 9.78. The Kier molecular flexibility index (Phi) is 7.11. The molecule has 0 saturated carbocycles. The minimum Gasteiger partial charge on any atom is -0.491 e. The summed E-state index contributed by atoms with van der Waals surface area (Å²) in [5.41, 5.74) is 5.02. The van der Waals surface area contributed by atoms with Crippen molar-refractivity contribution in [3.8, 4) is 11.3 Å². The lowest BCUT2D eigenvalue weighted by Gasteiger charge is -2.19. The molecule has 0 bridgehead atoms. The molecule has 0 saturated heterocycles. The van der Waals surface area contributed by atoms with Gasteiger partial charge in [-0.2, -0.15) is 0 Å². The maximum Gasteiger partial charge on any atom is 0.144 e. The molecule has 162 valence electrons. The fourth-order valence-corrected chi connectivity index (χ4v) is 3.82. The second-order valence-electron chi connectivity index (χ2n) is 7.96. The van der Waals surface area contributed by atoms with Crippen molar-refractivity contribution >= 4 is 12.2 Å². The quantitative estimate of drug-likeness (QED) is 0.496. The fourth-order valence-electron chi connectivity index (χ4n) is 3.82. The molecular formula is C27H30FNO2. The number of aryl methyl sites for hydroxylation is 1. The van der Waals surface area contributed by atoms with Crippen molar-refractivity contribution in [2.24, 2.45) is 0 Å². The second-order valence-corrected chi connectivity index (χ2v) is 7.96. The van der Waals surface area contributed by atoms with Crippen molar-refractivity contribution in [3.63, 3.8) is 0 Å². The Morgan fingerprint density at radius 1 is 1.26 bits per heavy atom. The highest BCUT2D eigenvalue weighted by molar-refractivity contribution is 5.79. The summed E-state index contributed by atoms with van der Waals surface area (Å²) >= 11 is 0. The van der Waals surface area contributed by atoms with Crippen molar-refractivity contribution in [3.05, 3.63) is 89.3 Å². The van der Waals surface area contributed by atoms with Crippen molar-refractivity contribution < 1.29 is 13.9 Å². The number of benzene rings is 1. The number of aromatic nitrogens is 1. The first-order valence-electron chi connectivity index (χ1n) is 10.5. The van der Waals surface area contributed by atoms with Crippen LogP contribution in [0.5, 0.6) is 0 Å². The highest BCUT2D eigenvalue weighted by atomic mass is 19.1. The van der Waals surface area contributed by atoms with Crippen LogP contribution in [0.3, 0.4) is 0 Å². The van der Waals surface area contributed by atoms with E-state index >= 15 is 0 Å². The summed E-state index contributed by atoms with van der Waals surface area (Å²) in [6.45, 7) is 16.0. The lowest BCUT2D eigenvalue weighted by atomic mass is 9.88. The van der Waals surface area contributed by atoms with Crippen molar-refractivity contribution in [1.29, 1.82) is 0 Å². The van der Waals surface area contributed by atoms with Gasteiger partial charge in [-0.3, -0.25) is 4.98 Å². The average molecular weight is 420 g/mol. The Labute approximate surface area is 184 Å². The predicted molar refractivity (Wildman–Crippen MR) is 126 cm³/mol. The summed E-state index contributed by atoms with van der Waals surface area (Å²) in [7, 11) is 0. The third kappa shape index (κ3) is 5.13. The van der Waals surface area contributed by atoms with Gasteiger partial charge in [-0.1, -0.05) is 32.2 Å². The van der Waals surface area contributed by atoms with E-state index in [1.54, 1.807) is 31.3 Å². The lowest BCUT2D eigenvalue weighted by molar-refractivity contribution is 0.136. The van der Waals surface area contributed by atoms with Crippen molar-refractivity contribution in [1.82, 2.24) is 4.98 Å². The first-order chi connectivity index (χ1) is 14.8. The number of hydrogen-bond acceptors (Lipinski definition) is 3. The molecule has 3 rings (SSSR count). The van der Waals surface area contributed by atoms with Crippen LogP contribution in [0.15, 0.2) is 61.2 Å². The van der Waals surface area contributed by atoms with E-state index in [9.17, 15) is 4.39 Å². The van der Waals surface area contributed by atoms with Crippen LogP contribution in [0.25, 0.3) is 23.4 Å². The Balaban J connectivity index is 1.99. The van der Waals surface area contributed by atoms with Crippen LogP contribution in [0.2, 0.25) is 0 Å². The molecule has 0 amide bonds. The maximum atomic E-state index is 14.6. The van der Waals surface area contributed by atoms with E-state index in [1.807, 2.05) is 38.1 Å². The van der Waals surface area contributed by atoms with Gasteiger partial charge in [0.15, 0.2) is 0 Å². The zero-order chi connectivity index (χ0) is 22.5. The summed E-state index contributed by atoms with van der Waals surface area (Å²) in [6, 6.07) is 5.40. The van der Waals surface area contributed by atoms with Crippen molar-refractivity contribution in [2.75, 3.05) is 6.61 Å². The monoisotopic (exact) mass is 419 g/mol. The highest BCUT2D eigenvalue weighted by Crippen LogP contribution is 2.36. The molecular weight excluding hydrogens is 389 g/mol. The number of nitrogens with zero attached hydrogens (tertiary/aromatic N) is 1. The zero-order valence-corrected chi connectivity index (χ0v) is 18.7. The molecule has 31 heavy (non-hydrogen) atoms. The molecule has 4 heteroatoms. The number of rotatable bonds is 6. The van der Waals surface area contributed by atoms with E-state index in [1.165, 1.54) is 0 Å². The first kappa shape index (κ1) is 22.5. The maximum absolute atomic E-state index is 14.6. The zero-order valence-electron chi connectivity index (χ0n) is 18.7. The molecule has 1 aliphatic heterocycles. The first-order valence-corrected chi connectivity index (χ1v) is 10.5. The minimum atomic E-state index is -0.222. The van der Waals surface area contributed by atoms with Gasteiger partial charge < -0.3 is 9.47 Å². The van der Waals surface area contributed by atoms with E-state index in [0.717, 1.165) is 39.5 Å². The van der Waals surface area contributed by atoms with Crippen LogP contribution < -0.4 is 0 Å². The van der Waals surface area contributed by atoms with Gasteiger partial charge in [0.05, 0.1) is 11.5 Å². The number of pyridine rings is 1. The van der Waals surface area contributed by atoms with Gasteiger partial charge in [-0.05, 0) is 80.2 Å². The van der Waals surface area contributed by atoms with Gasteiger partial charge in [-0.15, -0.1) is 0 Å². The Morgan fingerprint density at radius 3 is 2.74 bits per heavy atom. The van der Waals surface area contributed by atoms with Gasteiger partial charge in [0.25, 0.3) is 0 Å². The Morgan fingerprint density at radius 2 is 2.03 bits per heavy atom. The normalized spacial score (nSPS) is 18.4. The van der Waals surface area contributed by atoms with Gasteiger partial charge in [0.1, 0.15) is 24.3 Å². The molecule has 2 heterocycles.